The van der Waals surface area contributed by atoms with Crippen LogP contribution in [0.15, 0.2) is 18.3 Å². The number of nitrogens with one attached hydrogen (secondary N) is 2. The van der Waals surface area contributed by atoms with Gasteiger partial charge in [0.1, 0.15) is 5.82 Å². The van der Waals surface area contributed by atoms with Gasteiger partial charge in [0.25, 0.3) is 0 Å². The van der Waals surface area contributed by atoms with Gasteiger partial charge in [-0.25, -0.2) is 9.78 Å². The maximum Gasteiger partial charge on any atom is 0.315 e. The zero-order chi connectivity index (χ0) is 17.7. The molecule has 7 nitrogen and oxygen atoms in total. The van der Waals surface area contributed by atoms with Crippen LogP contribution in [0.1, 0.15) is 22.5 Å². The first-order chi connectivity index (χ1) is 11.4. The van der Waals surface area contributed by atoms with Gasteiger partial charge in [0.2, 0.25) is 0 Å². The highest BCUT2D eigenvalue weighted by Crippen LogP contribution is 2.12. The fourth-order valence-corrected chi connectivity index (χ4v) is 2.54. The number of carbonyl (C=O) groups is 1. The minimum Gasteiger partial charge on any atom is -0.363 e. The molecule has 0 saturated carbocycles. The lowest BCUT2D eigenvalue weighted by Gasteiger charge is -2.13. The molecule has 0 radical (unpaired) electrons. The molecule has 0 spiro atoms. The molecule has 2 N–H and O–H groups in total. The molecule has 0 unspecified atom stereocenters. The number of hydrogen-bond donors (Lipinski definition) is 2. The maximum absolute atomic E-state index is 11.9. The SMILES string of the molecule is Cc1nn(C)c(C)c1CCNC(=O)NCc1ccnc(N(C)C)c1. The Hall–Kier alpha value is -2.57. The van der Waals surface area contributed by atoms with Gasteiger partial charge in [0.05, 0.1) is 5.69 Å². The van der Waals surface area contributed by atoms with Crippen LogP contribution in [-0.2, 0) is 20.0 Å². The van der Waals surface area contributed by atoms with Crippen LogP contribution in [0.3, 0.4) is 0 Å². The van der Waals surface area contributed by atoms with Crippen molar-refractivity contribution in [3.63, 3.8) is 0 Å². The Morgan fingerprint density at radius 3 is 2.67 bits per heavy atom. The van der Waals surface area contributed by atoms with Gasteiger partial charge in [-0.1, -0.05) is 0 Å². The van der Waals surface area contributed by atoms with Gasteiger partial charge in [-0.05, 0) is 43.5 Å². The number of rotatable bonds is 6. The lowest BCUT2D eigenvalue weighted by atomic mass is 10.1. The van der Waals surface area contributed by atoms with E-state index < -0.39 is 0 Å². The van der Waals surface area contributed by atoms with E-state index in [0.29, 0.717) is 13.1 Å². The van der Waals surface area contributed by atoms with E-state index in [1.165, 1.54) is 5.56 Å². The van der Waals surface area contributed by atoms with Crippen LogP contribution in [0.25, 0.3) is 0 Å². The predicted molar refractivity (Wildman–Crippen MR) is 95.2 cm³/mol. The standard InChI is InChI=1S/C17H26N6O/c1-12-15(13(2)23(5)21-12)7-9-19-17(24)20-11-14-6-8-18-16(10-14)22(3)4/h6,8,10H,7,9,11H2,1-5H3,(H2,19,20,24). The highest BCUT2D eigenvalue weighted by molar-refractivity contribution is 5.73. The maximum atomic E-state index is 11.9. The first-order valence-corrected chi connectivity index (χ1v) is 8.01. The molecule has 0 aromatic carbocycles. The van der Waals surface area contributed by atoms with E-state index >= 15 is 0 Å². The zero-order valence-corrected chi connectivity index (χ0v) is 15.1. The number of anilines is 1. The van der Waals surface area contributed by atoms with E-state index in [9.17, 15) is 4.79 Å². The van der Waals surface area contributed by atoms with Crippen LogP contribution in [0, 0.1) is 13.8 Å². The van der Waals surface area contributed by atoms with Gasteiger partial charge in [-0.3, -0.25) is 4.68 Å². The van der Waals surface area contributed by atoms with Crippen molar-refractivity contribution in [3.8, 4) is 0 Å². The zero-order valence-electron chi connectivity index (χ0n) is 15.1. The molecule has 2 heterocycles. The lowest BCUT2D eigenvalue weighted by molar-refractivity contribution is 0.240. The van der Waals surface area contributed by atoms with Crippen LogP contribution < -0.4 is 15.5 Å². The molecular formula is C17H26N6O. The van der Waals surface area contributed by atoms with Gasteiger partial charge in [0, 0.05) is 46.1 Å². The summed E-state index contributed by atoms with van der Waals surface area (Å²) in [5, 5.41) is 10.1. The second kappa shape index (κ2) is 7.81. The summed E-state index contributed by atoms with van der Waals surface area (Å²) < 4.78 is 1.87. The number of amides is 2. The number of pyridine rings is 1. The molecule has 0 aliphatic carbocycles. The van der Waals surface area contributed by atoms with E-state index in [4.69, 9.17) is 0 Å². The summed E-state index contributed by atoms with van der Waals surface area (Å²) in [7, 11) is 5.81. The number of carbonyl (C=O) groups excluding carboxylic acids is 1. The summed E-state index contributed by atoms with van der Waals surface area (Å²) in [5.41, 5.74) is 4.37. The molecule has 2 rings (SSSR count). The first kappa shape index (κ1) is 17.8. The third-order valence-corrected chi connectivity index (χ3v) is 4.04. The minimum absolute atomic E-state index is 0.169. The average molecular weight is 330 g/mol. The van der Waals surface area contributed by atoms with Crippen molar-refractivity contribution in [2.75, 3.05) is 25.5 Å². The van der Waals surface area contributed by atoms with E-state index in [1.807, 2.05) is 56.7 Å². The number of nitrogens with zero attached hydrogens (tertiary/aromatic N) is 4. The Balaban J connectivity index is 1.78. The Morgan fingerprint density at radius 1 is 1.29 bits per heavy atom. The monoisotopic (exact) mass is 330 g/mol. The van der Waals surface area contributed by atoms with Gasteiger partial charge in [-0.2, -0.15) is 5.10 Å². The van der Waals surface area contributed by atoms with Crippen LogP contribution in [0.5, 0.6) is 0 Å². The molecule has 130 valence electrons. The molecule has 24 heavy (non-hydrogen) atoms. The summed E-state index contributed by atoms with van der Waals surface area (Å²) >= 11 is 0. The van der Waals surface area contributed by atoms with Crippen molar-refractivity contribution in [2.45, 2.75) is 26.8 Å². The van der Waals surface area contributed by atoms with Crippen LogP contribution >= 0.6 is 0 Å². The fraction of sp³-hybridized carbons (Fsp3) is 0.471. The second-order valence-electron chi connectivity index (χ2n) is 6.05. The van der Waals surface area contributed by atoms with Gasteiger partial charge in [0.15, 0.2) is 0 Å². The molecule has 0 fully saturated rings. The molecule has 2 aromatic rings. The largest absolute Gasteiger partial charge is 0.363 e. The van der Waals surface area contributed by atoms with Crippen LogP contribution in [0.2, 0.25) is 0 Å². The Labute approximate surface area is 143 Å². The number of aromatic nitrogens is 3. The lowest BCUT2D eigenvalue weighted by Crippen LogP contribution is -2.36. The third-order valence-electron chi connectivity index (χ3n) is 4.04. The summed E-state index contributed by atoms with van der Waals surface area (Å²) in [6.45, 7) is 5.09. The molecule has 0 aliphatic heterocycles. The van der Waals surface area contributed by atoms with E-state index in [0.717, 1.165) is 29.2 Å². The van der Waals surface area contributed by atoms with Crippen molar-refractivity contribution in [2.24, 2.45) is 7.05 Å². The van der Waals surface area contributed by atoms with Gasteiger partial charge in [-0.15, -0.1) is 0 Å². The number of hydrogen-bond acceptors (Lipinski definition) is 4. The molecule has 2 aromatic heterocycles. The smallest absolute Gasteiger partial charge is 0.315 e. The van der Waals surface area contributed by atoms with Crippen molar-refractivity contribution in [3.05, 3.63) is 40.8 Å². The fourth-order valence-electron chi connectivity index (χ4n) is 2.54. The molecule has 7 heteroatoms. The van der Waals surface area contributed by atoms with Gasteiger partial charge >= 0.3 is 6.03 Å². The number of urea groups is 1. The Morgan fingerprint density at radius 2 is 2.04 bits per heavy atom. The topological polar surface area (TPSA) is 75.1 Å². The third kappa shape index (κ3) is 4.47. The first-order valence-electron chi connectivity index (χ1n) is 8.01. The number of aryl methyl sites for hydroxylation is 2. The molecular weight excluding hydrogens is 304 g/mol. The van der Waals surface area contributed by atoms with Crippen LogP contribution in [-0.4, -0.2) is 41.4 Å². The molecule has 0 atom stereocenters. The normalized spacial score (nSPS) is 10.5. The van der Waals surface area contributed by atoms with E-state index in [1.54, 1.807) is 6.20 Å². The van der Waals surface area contributed by atoms with Crippen molar-refractivity contribution >= 4 is 11.8 Å². The highest BCUT2D eigenvalue weighted by Gasteiger charge is 2.09. The Kier molecular flexibility index (Phi) is 5.78. The second-order valence-corrected chi connectivity index (χ2v) is 6.05. The molecule has 2 amide bonds. The molecule has 0 bridgehead atoms. The van der Waals surface area contributed by atoms with Gasteiger partial charge < -0.3 is 15.5 Å². The highest BCUT2D eigenvalue weighted by atomic mass is 16.2. The Bertz CT molecular complexity index is 707. The van der Waals surface area contributed by atoms with Crippen molar-refractivity contribution < 1.29 is 4.79 Å². The summed E-state index contributed by atoms with van der Waals surface area (Å²) in [6, 6.07) is 3.69. The van der Waals surface area contributed by atoms with Crippen molar-refractivity contribution in [1.29, 1.82) is 0 Å². The summed E-state index contributed by atoms with van der Waals surface area (Å²) in [6.07, 6.45) is 2.52. The van der Waals surface area contributed by atoms with Crippen molar-refractivity contribution in [1.82, 2.24) is 25.4 Å². The minimum atomic E-state index is -0.169. The predicted octanol–water partition coefficient (Wildman–Crippen LogP) is 1.54. The molecule has 0 aliphatic rings. The van der Waals surface area contributed by atoms with E-state index in [-0.39, 0.29) is 6.03 Å². The van der Waals surface area contributed by atoms with E-state index in [2.05, 4.69) is 20.7 Å². The van der Waals surface area contributed by atoms with Crippen LogP contribution in [0.4, 0.5) is 10.6 Å². The summed E-state index contributed by atoms with van der Waals surface area (Å²) in [4.78, 5) is 18.1. The molecule has 0 saturated heterocycles. The quantitative estimate of drug-likeness (QED) is 0.842. The summed E-state index contributed by atoms with van der Waals surface area (Å²) in [5.74, 6) is 0.872. The average Bonchev–Trinajstić information content (AvgIpc) is 2.79.